The molecule has 3 heterocycles. The Balaban J connectivity index is 1.82. The molecule has 0 aliphatic carbocycles. The summed E-state index contributed by atoms with van der Waals surface area (Å²) < 4.78 is 10.7. The predicted molar refractivity (Wildman–Crippen MR) is 103 cm³/mol. The summed E-state index contributed by atoms with van der Waals surface area (Å²) in [4.78, 5) is 15.4. The topological polar surface area (TPSA) is 104 Å². The summed E-state index contributed by atoms with van der Waals surface area (Å²) in [5.41, 5.74) is 2.67. The first-order chi connectivity index (χ1) is 13.7. The quantitative estimate of drug-likeness (QED) is 0.735. The van der Waals surface area contributed by atoms with Gasteiger partial charge in [0, 0.05) is 24.2 Å². The van der Waals surface area contributed by atoms with E-state index in [-0.39, 0.29) is 12.4 Å². The van der Waals surface area contributed by atoms with Gasteiger partial charge < -0.3 is 19.5 Å². The Labute approximate surface area is 162 Å². The van der Waals surface area contributed by atoms with Crippen LogP contribution in [0.4, 0.5) is 5.82 Å². The molecule has 0 saturated carbocycles. The summed E-state index contributed by atoms with van der Waals surface area (Å²) in [6, 6.07) is 11.3. The van der Waals surface area contributed by atoms with E-state index >= 15 is 0 Å². The molecule has 0 atom stereocenters. The molecule has 0 unspecified atom stereocenters. The molecular formula is C20H19N5O3. The number of hydrogen-bond donors (Lipinski definition) is 1. The second-order valence-corrected chi connectivity index (χ2v) is 6.33. The molecule has 2 aromatic heterocycles. The summed E-state index contributed by atoms with van der Waals surface area (Å²) in [7, 11) is 1.57. The first-order valence-corrected chi connectivity index (χ1v) is 8.93. The molecule has 0 spiro atoms. The van der Waals surface area contributed by atoms with Crippen molar-refractivity contribution in [2.75, 3.05) is 38.3 Å². The van der Waals surface area contributed by atoms with E-state index in [2.05, 4.69) is 19.9 Å². The minimum atomic E-state index is -0.132. The average molecular weight is 377 g/mol. The number of aliphatic hydroxyl groups excluding tert-OH is 1. The van der Waals surface area contributed by atoms with Crippen molar-refractivity contribution < 1.29 is 14.6 Å². The van der Waals surface area contributed by atoms with E-state index in [1.165, 1.54) is 0 Å². The number of pyridine rings is 1. The Hall–Kier alpha value is -3.28. The lowest BCUT2D eigenvalue weighted by Crippen LogP contribution is -2.37. The fourth-order valence-corrected chi connectivity index (χ4v) is 3.28. The van der Waals surface area contributed by atoms with E-state index in [1.807, 2.05) is 30.3 Å². The molecule has 1 N–H and O–H groups in total. The van der Waals surface area contributed by atoms with E-state index < -0.39 is 0 Å². The molecule has 0 bridgehead atoms. The maximum Gasteiger partial charge on any atom is 0.236 e. The number of nitrogens with zero attached hydrogens (tertiary/aromatic N) is 5. The molecule has 1 aliphatic rings. The van der Waals surface area contributed by atoms with E-state index in [4.69, 9.17) is 9.47 Å². The first kappa shape index (κ1) is 18.1. The molecule has 1 saturated heterocycles. The normalized spacial score (nSPS) is 14.1. The Morgan fingerprint density at radius 1 is 1.18 bits per heavy atom. The second-order valence-electron chi connectivity index (χ2n) is 6.33. The van der Waals surface area contributed by atoms with Crippen LogP contribution in [0.5, 0.6) is 5.75 Å². The number of rotatable bonds is 4. The van der Waals surface area contributed by atoms with E-state index in [9.17, 15) is 10.4 Å². The van der Waals surface area contributed by atoms with Gasteiger partial charge in [0.1, 0.15) is 17.6 Å². The predicted octanol–water partition coefficient (Wildman–Crippen LogP) is 1.90. The molecule has 142 valence electrons. The van der Waals surface area contributed by atoms with Crippen LogP contribution in [-0.2, 0) is 11.3 Å². The minimum absolute atomic E-state index is 0.0874. The number of fused-ring (bicyclic) bond motifs is 1. The number of morpholine rings is 1. The van der Waals surface area contributed by atoms with Crippen LogP contribution in [0.15, 0.2) is 30.3 Å². The van der Waals surface area contributed by atoms with Gasteiger partial charge in [0.05, 0.1) is 38.0 Å². The molecular weight excluding hydrogens is 358 g/mol. The highest BCUT2D eigenvalue weighted by Crippen LogP contribution is 2.29. The standard InChI is InChI=1S/C20H19N5O3/c1-27-17-5-2-13(10-14(17)12-26)16-4-3-15-19(22-16)23-18(11-21)24-20(15)25-6-8-28-9-7-25/h2-5,10,26H,6-9,12H2,1H3. The molecule has 1 aliphatic heterocycles. The molecule has 1 fully saturated rings. The van der Waals surface area contributed by atoms with Crippen molar-refractivity contribution in [1.82, 2.24) is 15.0 Å². The Bertz CT molecular complexity index is 1060. The van der Waals surface area contributed by atoms with Crippen molar-refractivity contribution in [2.24, 2.45) is 0 Å². The molecule has 3 aromatic rings. The lowest BCUT2D eigenvalue weighted by molar-refractivity contribution is 0.122. The first-order valence-electron chi connectivity index (χ1n) is 8.93. The van der Waals surface area contributed by atoms with Gasteiger partial charge in [-0.3, -0.25) is 0 Å². The van der Waals surface area contributed by atoms with Gasteiger partial charge in [-0.2, -0.15) is 10.2 Å². The van der Waals surface area contributed by atoms with Crippen LogP contribution in [0.3, 0.4) is 0 Å². The number of aromatic nitrogens is 3. The number of benzene rings is 1. The monoisotopic (exact) mass is 377 g/mol. The van der Waals surface area contributed by atoms with Gasteiger partial charge in [-0.15, -0.1) is 0 Å². The molecule has 0 amide bonds. The summed E-state index contributed by atoms with van der Waals surface area (Å²) in [5.74, 6) is 1.41. The van der Waals surface area contributed by atoms with E-state index in [0.29, 0.717) is 54.8 Å². The van der Waals surface area contributed by atoms with Gasteiger partial charge in [0.15, 0.2) is 5.65 Å². The lowest BCUT2D eigenvalue weighted by Gasteiger charge is -2.28. The Morgan fingerprint density at radius 3 is 2.71 bits per heavy atom. The molecule has 28 heavy (non-hydrogen) atoms. The van der Waals surface area contributed by atoms with Crippen molar-refractivity contribution in [3.05, 3.63) is 41.7 Å². The molecule has 8 heteroatoms. The Morgan fingerprint density at radius 2 is 2.00 bits per heavy atom. The average Bonchev–Trinajstić information content (AvgIpc) is 2.77. The van der Waals surface area contributed by atoms with Crippen molar-refractivity contribution in [1.29, 1.82) is 5.26 Å². The number of nitriles is 1. The summed E-state index contributed by atoms with van der Waals surface area (Å²) in [6.45, 7) is 2.52. The van der Waals surface area contributed by atoms with E-state index in [0.717, 1.165) is 10.9 Å². The number of aliphatic hydroxyl groups is 1. The van der Waals surface area contributed by atoms with Crippen molar-refractivity contribution in [3.63, 3.8) is 0 Å². The zero-order valence-electron chi connectivity index (χ0n) is 15.4. The highest BCUT2D eigenvalue weighted by Gasteiger charge is 2.18. The largest absolute Gasteiger partial charge is 0.496 e. The van der Waals surface area contributed by atoms with Crippen LogP contribution in [0.25, 0.3) is 22.3 Å². The maximum atomic E-state index is 9.57. The van der Waals surface area contributed by atoms with Crippen LogP contribution in [-0.4, -0.2) is 53.5 Å². The number of ether oxygens (including phenoxy) is 2. The van der Waals surface area contributed by atoms with Gasteiger partial charge in [-0.1, -0.05) is 0 Å². The molecule has 4 rings (SSSR count). The van der Waals surface area contributed by atoms with Crippen LogP contribution in [0, 0.1) is 11.3 Å². The summed E-state index contributed by atoms with van der Waals surface area (Å²) >= 11 is 0. The summed E-state index contributed by atoms with van der Waals surface area (Å²) in [6.07, 6.45) is 0. The van der Waals surface area contributed by atoms with Gasteiger partial charge in [-0.05, 0) is 30.3 Å². The van der Waals surface area contributed by atoms with Gasteiger partial charge in [-0.25, -0.2) is 9.97 Å². The van der Waals surface area contributed by atoms with Crippen molar-refractivity contribution >= 4 is 16.9 Å². The van der Waals surface area contributed by atoms with Crippen molar-refractivity contribution in [3.8, 4) is 23.1 Å². The van der Waals surface area contributed by atoms with Gasteiger partial charge in [0.2, 0.25) is 5.82 Å². The van der Waals surface area contributed by atoms with Gasteiger partial charge >= 0.3 is 0 Å². The SMILES string of the molecule is COc1ccc(-c2ccc3c(N4CCOCC4)nc(C#N)nc3n2)cc1CO. The minimum Gasteiger partial charge on any atom is -0.496 e. The van der Waals surface area contributed by atoms with Crippen LogP contribution >= 0.6 is 0 Å². The highest BCUT2D eigenvalue weighted by molar-refractivity contribution is 5.89. The third-order valence-corrected chi connectivity index (χ3v) is 4.70. The third-order valence-electron chi connectivity index (χ3n) is 4.70. The second kappa shape index (κ2) is 7.76. The maximum absolute atomic E-state index is 9.57. The summed E-state index contributed by atoms with van der Waals surface area (Å²) in [5, 5.41) is 19.7. The zero-order chi connectivity index (χ0) is 19.5. The van der Waals surface area contributed by atoms with Crippen LogP contribution < -0.4 is 9.64 Å². The van der Waals surface area contributed by atoms with Gasteiger partial charge in [0.25, 0.3) is 0 Å². The molecule has 0 radical (unpaired) electrons. The van der Waals surface area contributed by atoms with Crippen molar-refractivity contribution in [2.45, 2.75) is 6.61 Å². The fourth-order valence-electron chi connectivity index (χ4n) is 3.28. The van der Waals surface area contributed by atoms with Crippen LogP contribution in [0.1, 0.15) is 11.4 Å². The highest BCUT2D eigenvalue weighted by atomic mass is 16.5. The molecule has 8 nitrogen and oxygen atoms in total. The third kappa shape index (κ3) is 3.33. The number of anilines is 1. The lowest BCUT2D eigenvalue weighted by atomic mass is 10.1. The molecule has 1 aromatic carbocycles. The smallest absolute Gasteiger partial charge is 0.236 e. The zero-order valence-corrected chi connectivity index (χ0v) is 15.4. The fraction of sp³-hybridized carbons (Fsp3) is 0.300. The number of hydrogen-bond acceptors (Lipinski definition) is 8. The Kier molecular flexibility index (Phi) is 5.02. The van der Waals surface area contributed by atoms with E-state index in [1.54, 1.807) is 13.2 Å². The number of methoxy groups -OCH3 is 1. The van der Waals surface area contributed by atoms with Crippen LogP contribution in [0.2, 0.25) is 0 Å².